The Bertz CT molecular complexity index is 1010. The van der Waals surface area contributed by atoms with Gasteiger partial charge in [0.05, 0.1) is 16.6 Å². The molecule has 0 bridgehead atoms. The van der Waals surface area contributed by atoms with E-state index in [2.05, 4.69) is 16.7 Å². The molecule has 6 nitrogen and oxygen atoms in total. The molecule has 26 heavy (non-hydrogen) atoms. The molecule has 0 spiro atoms. The Morgan fingerprint density at radius 1 is 1.42 bits per heavy atom. The summed E-state index contributed by atoms with van der Waals surface area (Å²) in [5.41, 5.74) is 2.64. The molecule has 4 rings (SSSR count). The van der Waals surface area contributed by atoms with E-state index in [1.54, 1.807) is 10.9 Å². The normalized spacial score (nSPS) is 13.8. The van der Waals surface area contributed by atoms with Gasteiger partial charge in [-0.3, -0.25) is 0 Å². The Labute approximate surface area is 155 Å². The molecule has 0 aromatic carbocycles. The molecular formula is C19H17ClN4O2. The number of nitrogens with zero attached hydrogens (tertiary/aromatic N) is 4. The second kappa shape index (κ2) is 6.53. The molecule has 0 aliphatic heterocycles. The highest BCUT2D eigenvalue weighted by Crippen LogP contribution is 2.40. The van der Waals surface area contributed by atoms with Crippen LogP contribution in [0.3, 0.4) is 0 Å². The van der Waals surface area contributed by atoms with E-state index in [-0.39, 0.29) is 11.6 Å². The van der Waals surface area contributed by atoms with Gasteiger partial charge in [0.25, 0.3) is 0 Å². The first-order chi connectivity index (χ1) is 12.5. The minimum absolute atomic E-state index is 0.0314. The number of fused-ring (bicyclic) bond motifs is 1. The zero-order valence-corrected chi connectivity index (χ0v) is 15.0. The van der Waals surface area contributed by atoms with Gasteiger partial charge in [-0.05, 0) is 38.0 Å². The van der Waals surface area contributed by atoms with Crippen molar-refractivity contribution in [2.45, 2.75) is 25.7 Å². The minimum atomic E-state index is -0.454. The number of esters is 1. The fraction of sp³-hybridized carbons (Fsp3) is 0.263. The molecule has 7 heteroatoms. The third-order valence-corrected chi connectivity index (χ3v) is 4.38. The van der Waals surface area contributed by atoms with Crippen LogP contribution in [-0.2, 0) is 4.74 Å². The van der Waals surface area contributed by atoms with Crippen molar-refractivity contribution in [3.63, 3.8) is 0 Å². The molecule has 3 heterocycles. The Morgan fingerprint density at radius 2 is 2.23 bits per heavy atom. The van der Waals surface area contributed by atoms with E-state index in [1.165, 1.54) is 0 Å². The molecule has 3 aromatic rings. The number of rotatable bonds is 5. The number of hydrogen-bond donors (Lipinski definition) is 0. The van der Waals surface area contributed by atoms with Gasteiger partial charge in [-0.2, -0.15) is 9.78 Å². The van der Waals surface area contributed by atoms with Gasteiger partial charge in [0, 0.05) is 22.8 Å². The van der Waals surface area contributed by atoms with Gasteiger partial charge in [-0.15, -0.1) is 0 Å². The summed E-state index contributed by atoms with van der Waals surface area (Å²) >= 11 is 5.73. The first kappa shape index (κ1) is 16.7. The topological polar surface area (TPSA) is 69.9 Å². The molecule has 0 unspecified atom stereocenters. The Kier molecular flexibility index (Phi) is 4.20. The molecule has 1 aliphatic rings. The minimum Gasteiger partial charge on any atom is -0.456 e. The van der Waals surface area contributed by atoms with E-state index in [1.807, 2.05) is 31.2 Å². The third kappa shape index (κ3) is 3.08. The molecule has 0 amide bonds. The number of carbonyl (C=O) groups is 1. The van der Waals surface area contributed by atoms with Gasteiger partial charge in [0.2, 0.25) is 0 Å². The number of hydrogen-bond acceptors (Lipinski definition) is 5. The van der Waals surface area contributed by atoms with Gasteiger partial charge < -0.3 is 4.74 Å². The molecule has 1 fully saturated rings. The summed E-state index contributed by atoms with van der Waals surface area (Å²) in [6.07, 6.45) is 3.84. The van der Waals surface area contributed by atoms with Crippen molar-refractivity contribution in [2.24, 2.45) is 0 Å². The van der Waals surface area contributed by atoms with Crippen LogP contribution in [-0.4, -0.2) is 32.3 Å². The molecular weight excluding hydrogens is 352 g/mol. The van der Waals surface area contributed by atoms with Crippen molar-refractivity contribution < 1.29 is 9.53 Å². The predicted octanol–water partition coefficient (Wildman–Crippen LogP) is 3.91. The molecule has 132 valence electrons. The van der Waals surface area contributed by atoms with Crippen LogP contribution in [0.15, 0.2) is 42.1 Å². The summed E-state index contributed by atoms with van der Waals surface area (Å²) in [4.78, 5) is 21.8. The van der Waals surface area contributed by atoms with Crippen LogP contribution in [0, 0.1) is 6.92 Å². The summed E-state index contributed by atoms with van der Waals surface area (Å²) in [5.74, 6) is 0.575. The first-order valence-corrected chi connectivity index (χ1v) is 8.74. The van der Waals surface area contributed by atoms with E-state index in [4.69, 9.17) is 21.3 Å². The lowest BCUT2D eigenvalue weighted by Crippen LogP contribution is -2.09. The summed E-state index contributed by atoms with van der Waals surface area (Å²) in [5, 5.41) is 5.50. The zero-order valence-electron chi connectivity index (χ0n) is 14.3. The fourth-order valence-electron chi connectivity index (χ4n) is 2.92. The predicted molar refractivity (Wildman–Crippen MR) is 98.6 cm³/mol. The van der Waals surface area contributed by atoms with E-state index in [0.717, 1.165) is 18.5 Å². The average Bonchev–Trinajstić information content (AvgIpc) is 3.44. The molecule has 0 atom stereocenters. The second-order valence-electron chi connectivity index (χ2n) is 6.35. The third-order valence-electron chi connectivity index (χ3n) is 4.27. The second-order valence-corrected chi connectivity index (χ2v) is 6.88. The van der Waals surface area contributed by atoms with Crippen LogP contribution in [0.25, 0.3) is 16.9 Å². The maximum absolute atomic E-state index is 12.7. The molecule has 0 radical (unpaired) electrons. The molecule has 1 aliphatic carbocycles. The monoisotopic (exact) mass is 368 g/mol. The van der Waals surface area contributed by atoms with E-state index >= 15 is 0 Å². The van der Waals surface area contributed by atoms with Crippen LogP contribution < -0.4 is 0 Å². The lowest BCUT2D eigenvalue weighted by molar-refractivity contribution is 0.0548. The van der Waals surface area contributed by atoms with Gasteiger partial charge >= 0.3 is 5.97 Å². The van der Waals surface area contributed by atoms with Crippen molar-refractivity contribution >= 4 is 28.6 Å². The number of aryl methyl sites for hydroxylation is 1. The van der Waals surface area contributed by atoms with E-state index < -0.39 is 5.97 Å². The van der Waals surface area contributed by atoms with Gasteiger partial charge in [0.1, 0.15) is 6.61 Å². The standard InChI is InChI=1S/C19H17ClN4O2/c1-11(20)10-26-19(25)14-9-15(13-6-7-13)22-18-17(14)12(2)23-24(18)16-5-3-4-8-21-16/h3-5,8-9,13H,1,6-7,10H2,2H3. The first-order valence-electron chi connectivity index (χ1n) is 8.36. The lowest BCUT2D eigenvalue weighted by Gasteiger charge is -2.08. The highest BCUT2D eigenvalue weighted by molar-refractivity contribution is 6.29. The van der Waals surface area contributed by atoms with E-state index in [0.29, 0.717) is 34.0 Å². The highest BCUT2D eigenvalue weighted by Gasteiger charge is 2.29. The highest BCUT2D eigenvalue weighted by atomic mass is 35.5. The maximum atomic E-state index is 12.7. The smallest absolute Gasteiger partial charge is 0.339 e. The van der Waals surface area contributed by atoms with Gasteiger partial charge in [0.15, 0.2) is 11.5 Å². The van der Waals surface area contributed by atoms with Gasteiger partial charge in [-0.1, -0.05) is 24.2 Å². The van der Waals surface area contributed by atoms with Crippen molar-refractivity contribution in [1.82, 2.24) is 19.7 Å². The number of ether oxygens (including phenoxy) is 1. The SMILES string of the molecule is C=C(Cl)COC(=O)c1cc(C2CC2)nc2c1c(C)nn2-c1ccccn1. The summed E-state index contributed by atoms with van der Waals surface area (Å²) in [6.45, 7) is 5.36. The van der Waals surface area contributed by atoms with Crippen molar-refractivity contribution in [2.75, 3.05) is 6.61 Å². The molecule has 0 saturated heterocycles. The molecule has 1 saturated carbocycles. The number of pyridine rings is 2. The fourth-order valence-corrected chi connectivity index (χ4v) is 2.97. The van der Waals surface area contributed by atoms with Crippen LogP contribution in [0.2, 0.25) is 0 Å². The summed E-state index contributed by atoms with van der Waals surface area (Å²) in [6, 6.07) is 7.40. The quantitative estimate of drug-likeness (QED) is 0.638. The molecule has 0 N–H and O–H groups in total. The van der Waals surface area contributed by atoms with Crippen LogP contribution in [0.1, 0.15) is 40.5 Å². The number of aromatic nitrogens is 4. The van der Waals surface area contributed by atoms with E-state index in [9.17, 15) is 4.79 Å². The Hall–Kier alpha value is -2.73. The maximum Gasteiger partial charge on any atom is 0.339 e. The van der Waals surface area contributed by atoms with Crippen LogP contribution >= 0.6 is 11.6 Å². The Balaban J connectivity index is 1.89. The zero-order chi connectivity index (χ0) is 18.3. The Morgan fingerprint density at radius 3 is 2.88 bits per heavy atom. The van der Waals surface area contributed by atoms with Crippen molar-refractivity contribution in [1.29, 1.82) is 0 Å². The van der Waals surface area contributed by atoms with Crippen molar-refractivity contribution in [3.05, 3.63) is 59.0 Å². The summed E-state index contributed by atoms with van der Waals surface area (Å²) in [7, 11) is 0. The van der Waals surface area contributed by atoms with Crippen molar-refractivity contribution in [3.8, 4) is 5.82 Å². The van der Waals surface area contributed by atoms with Crippen LogP contribution in [0.5, 0.6) is 0 Å². The molecule has 3 aromatic heterocycles. The van der Waals surface area contributed by atoms with Gasteiger partial charge in [-0.25, -0.2) is 14.8 Å². The largest absolute Gasteiger partial charge is 0.456 e. The number of carbonyl (C=O) groups excluding carboxylic acids is 1. The average molecular weight is 369 g/mol. The number of halogens is 1. The lowest BCUT2D eigenvalue weighted by atomic mass is 10.1. The van der Waals surface area contributed by atoms with Crippen LogP contribution in [0.4, 0.5) is 0 Å². The summed E-state index contributed by atoms with van der Waals surface area (Å²) < 4.78 is 6.95.